The molecular weight excluding hydrogens is 768 g/mol. The standard InChI is InChI=1S/C40H58N8O11/c1-45-15-17-46(25-35(50)51)18-19-47(26-36(52)53)24-31(48(20-16-45)27-37(54)55)21-29-10-12-30(13-11-29)38(56)44-33(22-28-7-3-2-4-8-28)39(57)42-23-34(49)43-32(40(58)59)9-5-6-14-41/h2-4,7-8,10-13,31-33H,5-6,9,14-27,41H2,1H3,(H,42,57)(H,43,49)(H,44,56)(H,50,51)(H,52,53)(H,54,55)(H,58,59). The normalized spacial score (nSPS) is 17.4. The highest BCUT2D eigenvalue weighted by Gasteiger charge is 2.28. The van der Waals surface area contributed by atoms with Crippen LogP contribution in [0.1, 0.15) is 40.7 Å². The van der Waals surface area contributed by atoms with Gasteiger partial charge in [-0.05, 0) is 62.5 Å². The Morgan fingerprint density at radius 1 is 0.712 bits per heavy atom. The second-order valence-corrected chi connectivity index (χ2v) is 14.7. The van der Waals surface area contributed by atoms with Crippen molar-refractivity contribution in [2.75, 3.05) is 85.6 Å². The fourth-order valence-electron chi connectivity index (χ4n) is 6.72. The number of nitrogens with one attached hydrogen (secondary N) is 3. The van der Waals surface area contributed by atoms with E-state index in [2.05, 4.69) is 16.0 Å². The van der Waals surface area contributed by atoms with Crippen LogP contribution in [0.25, 0.3) is 0 Å². The Morgan fingerprint density at radius 2 is 1.32 bits per heavy atom. The summed E-state index contributed by atoms with van der Waals surface area (Å²) in [5.74, 6) is -6.28. The summed E-state index contributed by atoms with van der Waals surface area (Å²) in [5.41, 5.74) is 7.17. The number of nitrogens with zero attached hydrogens (tertiary/aromatic N) is 4. The van der Waals surface area contributed by atoms with E-state index in [1.807, 2.05) is 11.9 Å². The average Bonchev–Trinajstić information content (AvgIpc) is 3.18. The zero-order valence-corrected chi connectivity index (χ0v) is 33.5. The minimum atomic E-state index is -1.21. The molecule has 19 nitrogen and oxygen atoms in total. The number of carboxylic acids is 4. The Hall–Kier alpha value is -5.47. The molecule has 3 unspecified atom stereocenters. The number of carboxylic acid groups (broad SMARTS) is 4. The van der Waals surface area contributed by atoms with Crippen molar-refractivity contribution in [1.29, 1.82) is 0 Å². The molecule has 1 fully saturated rings. The first kappa shape index (κ1) is 47.9. The molecule has 0 bridgehead atoms. The zero-order chi connectivity index (χ0) is 43.3. The van der Waals surface area contributed by atoms with Gasteiger partial charge in [-0.25, -0.2) is 4.79 Å². The number of nitrogens with two attached hydrogens (primary N) is 1. The van der Waals surface area contributed by atoms with E-state index in [0.717, 1.165) is 11.1 Å². The van der Waals surface area contributed by atoms with Crippen LogP contribution >= 0.6 is 0 Å². The molecule has 19 heteroatoms. The highest BCUT2D eigenvalue weighted by atomic mass is 16.4. The smallest absolute Gasteiger partial charge is 0.326 e. The van der Waals surface area contributed by atoms with E-state index in [-0.39, 0.29) is 51.1 Å². The molecule has 2 aromatic carbocycles. The molecule has 0 aliphatic carbocycles. The fraction of sp³-hybridized carbons (Fsp3) is 0.525. The quantitative estimate of drug-likeness (QED) is 0.0691. The lowest BCUT2D eigenvalue weighted by atomic mass is 10.0. The van der Waals surface area contributed by atoms with Crippen LogP contribution in [-0.4, -0.2) is 185 Å². The second-order valence-electron chi connectivity index (χ2n) is 14.7. The third-order valence-electron chi connectivity index (χ3n) is 9.94. The SMILES string of the molecule is CN1CCN(CC(=O)O)CCN(CC(=O)O)CC(Cc2ccc(C(=O)NC(Cc3ccccc3)C(=O)NCC(=O)NC(CCCCN)C(=O)O)cc2)N(CC(=O)O)CC1. The van der Waals surface area contributed by atoms with Crippen molar-refractivity contribution in [3.63, 3.8) is 0 Å². The number of hydrogen-bond acceptors (Lipinski definition) is 12. The van der Waals surface area contributed by atoms with Crippen molar-refractivity contribution in [2.24, 2.45) is 5.73 Å². The second kappa shape index (κ2) is 25.1. The molecule has 9 N–H and O–H groups in total. The first-order chi connectivity index (χ1) is 28.1. The third kappa shape index (κ3) is 18.3. The minimum absolute atomic E-state index is 0.0894. The molecule has 1 saturated heterocycles. The van der Waals surface area contributed by atoms with Crippen molar-refractivity contribution >= 4 is 41.6 Å². The predicted molar refractivity (Wildman–Crippen MR) is 216 cm³/mol. The number of carbonyl (C=O) groups is 7. The van der Waals surface area contributed by atoms with Crippen LogP contribution in [0.3, 0.4) is 0 Å². The molecule has 1 heterocycles. The van der Waals surface area contributed by atoms with Gasteiger partial charge in [0.15, 0.2) is 0 Å². The van der Waals surface area contributed by atoms with E-state index in [9.17, 15) is 54.0 Å². The van der Waals surface area contributed by atoms with Crippen LogP contribution < -0.4 is 21.7 Å². The van der Waals surface area contributed by atoms with Gasteiger partial charge in [-0.3, -0.25) is 43.5 Å². The van der Waals surface area contributed by atoms with Crippen LogP contribution in [0, 0.1) is 0 Å². The van der Waals surface area contributed by atoms with Crippen LogP contribution in [0.2, 0.25) is 0 Å². The molecule has 0 spiro atoms. The molecule has 3 rings (SSSR count). The topological polar surface area (TPSA) is 275 Å². The van der Waals surface area contributed by atoms with Crippen molar-refractivity contribution in [1.82, 2.24) is 35.6 Å². The van der Waals surface area contributed by atoms with Crippen LogP contribution in [0.4, 0.5) is 0 Å². The van der Waals surface area contributed by atoms with Gasteiger partial charge in [-0.2, -0.15) is 0 Å². The molecule has 1 aliphatic heterocycles. The highest BCUT2D eigenvalue weighted by Crippen LogP contribution is 2.15. The maximum atomic E-state index is 13.6. The minimum Gasteiger partial charge on any atom is -0.480 e. The number of benzene rings is 2. The van der Waals surface area contributed by atoms with Gasteiger partial charge in [0.1, 0.15) is 12.1 Å². The van der Waals surface area contributed by atoms with Crippen LogP contribution in [-0.2, 0) is 41.6 Å². The molecule has 0 aromatic heterocycles. The summed E-state index contributed by atoms with van der Waals surface area (Å²) in [7, 11) is 1.87. The summed E-state index contributed by atoms with van der Waals surface area (Å²) in [6.45, 7) is 1.50. The number of amides is 3. The Morgan fingerprint density at radius 3 is 1.95 bits per heavy atom. The highest BCUT2D eigenvalue weighted by molar-refractivity contribution is 5.98. The summed E-state index contributed by atoms with van der Waals surface area (Å²) in [6, 6.07) is 12.7. The Labute approximate surface area is 343 Å². The van der Waals surface area contributed by atoms with E-state index in [1.54, 1.807) is 69.3 Å². The maximum Gasteiger partial charge on any atom is 0.326 e. The van der Waals surface area contributed by atoms with E-state index in [1.165, 1.54) is 0 Å². The van der Waals surface area contributed by atoms with E-state index >= 15 is 0 Å². The fourth-order valence-corrected chi connectivity index (χ4v) is 6.72. The van der Waals surface area contributed by atoms with E-state index < -0.39 is 66.3 Å². The number of aliphatic carboxylic acids is 4. The number of carbonyl (C=O) groups excluding carboxylic acids is 3. The zero-order valence-electron chi connectivity index (χ0n) is 33.5. The molecule has 59 heavy (non-hydrogen) atoms. The lowest BCUT2D eigenvalue weighted by Gasteiger charge is -2.37. The molecule has 0 saturated carbocycles. The maximum absolute atomic E-state index is 13.6. The number of hydrogen-bond donors (Lipinski definition) is 8. The molecule has 3 atom stereocenters. The van der Waals surface area contributed by atoms with Gasteiger partial charge in [0.05, 0.1) is 26.2 Å². The van der Waals surface area contributed by atoms with E-state index in [4.69, 9.17) is 5.73 Å². The van der Waals surface area contributed by atoms with Gasteiger partial charge in [0.25, 0.3) is 5.91 Å². The van der Waals surface area contributed by atoms with Gasteiger partial charge in [-0.1, -0.05) is 42.5 Å². The Balaban J connectivity index is 1.78. The lowest BCUT2D eigenvalue weighted by molar-refractivity contribution is -0.142. The van der Waals surface area contributed by atoms with Gasteiger partial charge in [0, 0.05) is 63.8 Å². The molecule has 1 aliphatic rings. The summed E-state index contributed by atoms with van der Waals surface area (Å²) < 4.78 is 0. The molecule has 2 aromatic rings. The molecule has 3 amide bonds. The van der Waals surface area contributed by atoms with Gasteiger partial charge >= 0.3 is 23.9 Å². The van der Waals surface area contributed by atoms with Crippen LogP contribution in [0.15, 0.2) is 54.6 Å². The van der Waals surface area contributed by atoms with Crippen molar-refractivity contribution in [3.8, 4) is 0 Å². The lowest BCUT2D eigenvalue weighted by Crippen LogP contribution is -2.52. The van der Waals surface area contributed by atoms with Gasteiger partial charge in [-0.15, -0.1) is 0 Å². The first-order valence-corrected chi connectivity index (χ1v) is 19.6. The number of likely N-dealkylation sites (N-methyl/N-ethyl adjacent to an activating group) is 1. The Kier molecular flexibility index (Phi) is 20.4. The van der Waals surface area contributed by atoms with Crippen molar-refractivity contribution < 1.29 is 54.0 Å². The summed E-state index contributed by atoms with van der Waals surface area (Å²) >= 11 is 0. The Bertz CT molecular complexity index is 1700. The predicted octanol–water partition coefficient (Wildman–Crippen LogP) is -1.14. The van der Waals surface area contributed by atoms with Crippen molar-refractivity contribution in [2.45, 2.75) is 50.2 Å². The monoisotopic (exact) mass is 826 g/mol. The van der Waals surface area contributed by atoms with Crippen LogP contribution in [0.5, 0.6) is 0 Å². The third-order valence-corrected chi connectivity index (χ3v) is 9.94. The van der Waals surface area contributed by atoms with E-state index in [0.29, 0.717) is 58.5 Å². The number of unbranched alkanes of at least 4 members (excludes halogenated alkanes) is 1. The first-order valence-electron chi connectivity index (χ1n) is 19.6. The summed E-state index contributed by atoms with van der Waals surface area (Å²) in [4.78, 5) is 93.9. The summed E-state index contributed by atoms with van der Waals surface area (Å²) in [6.07, 6.45) is 1.65. The van der Waals surface area contributed by atoms with Crippen molar-refractivity contribution in [3.05, 3.63) is 71.3 Å². The largest absolute Gasteiger partial charge is 0.480 e. The molecule has 0 radical (unpaired) electrons. The summed E-state index contributed by atoms with van der Waals surface area (Å²) in [5, 5.41) is 46.1. The number of rotatable bonds is 21. The molecule has 324 valence electrons. The average molecular weight is 827 g/mol. The van der Waals surface area contributed by atoms with Gasteiger partial charge < -0.3 is 47.0 Å². The molecular formula is C40H58N8O11. The van der Waals surface area contributed by atoms with Gasteiger partial charge in [0.2, 0.25) is 11.8 Å².